The first-order valence-corrected chi connectivity index (χ1v) is 10.5. The van der Waals surface area contributed by atoms with Gasteiger partial charge in [-0.15, -0.1) is 0 Å². The fourth-order valence-electron chi connectivity index (χ4n) is 2.70. The summed E-state index contributed by atoms with van der Waals surface area (Å²) in [7, 11) is -3.76. The lowest BCUT2D eigenvalue weighted by Gasteiger charge is -2.17. The Hall–Kier alpha value is -1.80. The molecule has 1 unspecified atom stereocenters. The number of anilines is 2. The number of nitrogens with one attached hydrogen (secondary N) is 1. The van der Waals surface area contributed by atoms with Crippen molar-refractivity contribution in [3.63, 3.8) is 0 Å². The molecule has 0 saturated carbocycles. The van der Waals surface area contributed by atoms with E-state index in [1.807, 2.05) is 0 Å². The number of nitrogens with zero attached hydrogens (tertiary/aromatic N) is 1. The minimum absolute atomic E-state index is 0.0178. The maximum atomic E-state index is 12.5. The molecule has 3 rings (SSSR count). The number of para-hydroxylation sites is 1. The Bertz CT molecular complexity index is 1040. The van der Waals surface area contributed by atoms with Crippen LogP contribution >= 0.6 is 34.8 Å². The van der Waals surface area contributed by atoms with Crippen LogP contribution in [0.15, 0.2) is 36.4 Å². The van der Waals surface area contributed by atoms with Gasteiger partial charge in [-0.05, 0) is 30.3 Å². The number of benzene rings is 2. The van der Waals surface area contributed by atoms with Crippen LogP contribution in [-0.4, -0.2) is 26.0 Å². The standard InChI is InChI=1S/C17H13Cl3N2O4S/c1-9-8-27(25,26)22(17(9)24)10-5-6-11(14(20)7-10)16(23)21-15-12(18)3-2-4-13(15)19/h2-7,9H,8H2,1H3,(H,21,23). The summed E-state index contributed by atoms with van der Waals surface area (Å²) in [6, 6.07) is 8.72. The van der Waals surface area contributed by atoms with Crippen molar-refractivity contribution in [3.05, 3.63) is 57.0 Å². The number of rotatable bonds is 3. The lowest BCUT2D eigenvalue weighted by molar-refractivity contribution is -0.119. The molecule has 0 spiro atoms. The second kappa shape index (κ2) is 7.31. The molecule has 0 bridgehead atoms. The van der Waals surface area contributed by atoms with Gasteiger partial charge in [0.25, 0.3) is 5.91 Å². The summed E-state index contributed by atoms with van der Waals surface area (Å²) in [6.07, 6.45) is 0. The summed E-state index contributed by atoms with van der Waals surface area (Å²) >= 11 is 18.2. The van der Waals surface area contributed by atoms with E-state index in [9.17, 15) is 18.0 Å². The normalized spacial score (nSPS) is 18.6. The van der Waals surface area contributed by atoms with Crippen molar-refractivity contribution in [1.29, 1.82) is 0 Å². The Balaban J connectivity index is 1.92. The molecule has 1 fully saturated rings. The highest BCUT2D eigenvalue weighted by atomic mass is 35.5. The lowest BCUT2D eigenvalue weighted by atomic mass is 10.1. The summed E-state index contributed by atoms with van der Waals surface area (Å²) in [5.41, 5.74) is 0.396. The summed E-state index contributed by atoms with van der Waals surface area (Å²) in [5.74, 6) is -2.02. The summed E-state index contributed by atoms with van der Waals surface area (Å²) < 4.78 is 25.1. The van der Waals surface area contributed by atoms with Crippen LogP contribution in [0.2, 0.25) is 15.1 Å². The highest BCUT2D eigenvalue weighted by molar-refractivity contribution is 7.94. The maximum absolute atomic E-state index is 12.5. The van der Waals surface area contributed by atoms with Gasteiger partial charge in [0.15, 0.2) is 0 Å². The number of carbonyl (C=O) groups excluding carboxylic acids is 2. The minimum atomic E-state index is -3.76. The number of sulfonamides is 1. The molecule has 0 aromatic heterocycles. The van der Waals surface area contributed by atoms with Crippen LogP contribution in [0.25, 0.3) is 0 Å². The molecule has 1 aliphatic rings. The molecule has 1 atom stereocenters. The van der Waals surface area contributed by atoms with Gasteiger partial charge in [-0.1, -0.05) is 47.8 Å². The van der Waals surface area contributed by atoms with Crippen molar-refractivity contribution >= 4 is 68.0 Å². The lowest BCUT2D eigenvalue weighted by Crippen LogP contribution is -2.30. The van der Waals surface area contributed by atoms with Crippen molar-refractivity contribution < 1.29 is 18.0 Å². The van der Waals surface area contributed by atoms with Gasteiger partial charge in [0, 0.05) is 0 Å². The fourth-order valence-corrected chi connectivity index (χ4v) is 5.26. The number of hydrogen-bond acceptors (Lipinski definition) is 4. The zero-order valence-corrected chi connectivity index (χ0v) is 17.0. The van der Waals surface area contributed by atoms with Gasteiger partial charge in [-0.25, -0.2) is 12.7 Å². The van der Waals surface area contributed by atoms with Crippen molar-refractivity contribution in [2.45, 2.75) is 6.92 Å². The maximum Gasteiger partial charge on any atom is 0.257 e. The smallest absolute Gasteiger partial charge is 0.257 e. The average molecular weight is 448 g/mol. The third kappa shape index (κ3) is 3.78. The number of hydrogen-bond donors (Lipinski definition) is 1. The molecule has 0 aliphatic carbocycles. The van der Waals surface area contributed by atoms with Gasteiger partial charge in [0.1, 0.15) is 0 Å². The zero-order chi connectivity index (χ0) is 19.9. The third-order valence-corrected chi connectivity index (χ3v) is 6.80. The van der Waals surface area contributed by atoms with Crippen LogP contribution in [0.4, 0.5) is 11.4 Å². The van der Waals surface area contributed by atoms with Gasteiger partial charge < -0.3 is 5.32 Å². The summed E-state index contributed by atoms with van der Waals surface area (Å²) in [4.78, 5) is 24.7. The molecule has 1 saturated heterocycles. The molecule has 10 heteroatoms. The van der Waals surface area contributed by atoms with Crippen LogP contribution in [0.5, 0.6) is 0 Å². The highest BCUT2D eigenvalue weighted by Gasteiger charge is 2.42. The first kappa shape index (κ1) is 19.9. The molecule has 2 aromatic rings. The first-order valence-electron chi connectivity index (χ1n) is 7.73. The molecule has 6 nitrogen and oxygen atoms in total. The van der Waals surface area contributed by atoms with Gasteiger partial charge in [-0.2, -0.15) is 0 Å². The van der Waals surface area contributed by atoms with Crippen LogP contribution in [-0.2, 0) is 14.8 Å². The quantitative estimate of drug-likeness (QED) is 0.764. The van der Waals surface area contributed by atoms with E-state index in [-0.39, 0.29) is 37.8 Å². The Morgan fingerprint density at radius 1 is 1.11 bits per heavy atom. The van der Waals surface area contributed by atoms with E-state index in [0.717, 1.165) is 4.31 Å². The Labute approximate surface area is 171 Å². The second-order valence-electron chi connectivity index (χ2n) is 6.00. The highest BCUT2D eigenvalue weighted by Crippen LogP contribution is 2.33. The molecular weight excluding hydrogens is 435 g/mol. The van der Waals surface area contributed by atoms with Gasteiger partial charge in [0.2, 0.25) is 15.9 Å². The average Bonchev–Trinajstić information content (AvgIpc) is 2.78. The van der Waals surface area contributed by atoms with Crippen LogP contribution in [0.1, 0.15) is 17.3 Å². The van der Waals surface area contributed by atoms with E-state index in [0.29, 0.717) is 0 Å². The Kier molecular flexibility index (Phi) is 5.40. The molecule has 1 aliphatic heterocycles. The topological polar surface area (TPSA) is 83.6 Å². The largest absolute Gasteiger partial charge is 0.319 e. The monoisotopic (exact) mass is 446 g/mol. The molecule has 2 amide bonds. The number of halogens is 3. The molecule has 142 valence electrons. The van der Waals surface area contributed by atoms with Gasteiger partial charge in [-0.3, -0.25) is 9.59 Å². The number of amides is 2. The van der Waals surface area contributed by atoms with Crippen molar-refractivity contribution in [2.24, 2.45) is 5.92 Å². The summed E-state index contributed by atoms with van der Waals surface area (Å²) in [5, 5.41) is 3.06. The van der Waals surface area contributed by atoms with Gasteiger partial charge >= 0.3 is 0 Å². The van der Waals surface area contributed by atoms with Crippen LogP contribution in [0.3, 0.4) is 0 Å². The first-order chi connectivity index (χ1) is 12.6. The van der Waals surface area contributed by atoms with Crippen LogP contribution < -0.4 is 9.62 Å². The molecule has 1 N–H and O–H groups in total. The minimum Gasteiger partial charge on any atom is -0.319 e. The van der Waals surface area contributed by atoms with Crippen molar-refractivity contribution in [1.82, 2.24) is 0 Å². The molecule has 27 heavy (non-hydrogen) atoms. The van der Waals surface area contributed by atoms with Gasteiger partial charge in [0.05, 0.1) is 43.7 Å². The fraction of sp³-hybridized carbons (Fsp3) is 0.176. The molecule has 1 heterocycles. The van der Waals surface area contributed by atoms with E-state index >= 15 is 0 Å². The van der Waals surface area contributed by atoms with E-state index in [1.54, 1.807) is 18.2 Å². The van der Waals surface area contributed by atoms with Crippen molar-refractivity contribution in [3.8, 4) is 0 Å². The molecular formula is C17H13Cl3N2O4S. The third-order valence-electron chi connectivity index (χ3n) is 3.99. The van der Waals surface area contributed by atoms with Crippen LogP contribution in [0, 0.1) is 5.92 Å². The molecule has 2 aromatic carbocycles. The van der Waals surface area contributed by atoms with E-state index < -0.39 is 27.8 Å². The Morgan fingerprint density at radius 3 is 2.26 bits per heavy atom. The SMILES string of the molecule is CC1CS(=O)(=O)N(c2ccc(C(=O)Nc3c(Cl)cccc3Cl)c(Cl)c2)C1=O. The predicted octanol–water partition coefficient (Wildman–Crippen LogP) is 4.21. The second-order valence-corrected chi connectivity index (χ2v) is 9.08. The van der Waals surface area contributed by atoms with E-state index in [1.165, 1.54) is 25.1 Å². The van der Waals surface area contributed by atoms with E-state index in [4.69, 9.17) is 34.8 Å². The predicted molar refractivity (Wildman–Crippen MR) is 106 cm³/mol. The Morgan fingerprint density at radius 2 is 1.74 bits per heavy atom. The zero-order valence-electron chi connectivity index (χ0n) is 13.9. The number of carbonyl (C=O) groups is 2. The summed E-state index contributed by atoms with van der Waals surface area (Å²) in [6.45, 7) is 1.54. The molecule has 0 radical (unpaired) electrons. The van der Waals surface area contributed by atoms with E-state index in [2.05, 4.69) is 5.32 Å². The van der Waals surface area contributed by atoms with Crippen molar-refractivity contribution in [2.75, 3.05) is 15.4 Å².